The highest BCUT2D eigenvalue weighted by atomic mass is 32.2. The summed E-state index contributed by atoms with van der Waals surface area (Å²) in [6.45, 7) is 1.72. The zero-order valence-corrected chi connectivity index (χ0v) is 12.6. The molecule has 1 fully saturated rings. The molecule has 7 nitrogen and oxygen atoms in total. The largest absolute Gasteiger partial charge is 0.477 e. The van der Waals surface area contributed by atoms with E-state index in [-0.39, 0.29) is 11.7 Å². The molecule has 0 bridgehead atoms. The lowest BCUT2D eigenvalue weighted by Gasteiger charge is -2.20. The van der Waals surface area contributed by atoms with Crippen LogP contribution in [0.2, 0.25) is 0 Å². The number of aryl methyl sites for hydroxylation is 1. The van der Waals surface area contributed by atoms with Crippen molar-refractivity contribution in [1.29, 1.82) is 0 Å². The van der Waals surface area contributed by atoms with E-state index in [1.54, 1.807) is 19.1 Å². The molecule has 0 spiro atoms. The highest BCUT2D eigenvalue weighted by Gasteiger charge is 2.17. The van der Waals surface area contributed by atoms with Gasteiger partial charge in [-0.15, -0.1) is 0 Å². The monoisotopic (exact) mass is 316 g/mol. The lowest BCUT2D eigenvalue weighted by atomic mass is 9.96. The van der Waals surface area contributed by atoms with Gasteiger partial charge in [0.15, 0.2) is 5.69 Å². The molecule has 1 aliphatic rings. The molecule has 1 saturated carbocycles. The van der Waals surface area contributed by atoms with Crippen LogP contribution in [0.15, 0.2) is 18.3 Å². The average molecular weight is 316 g/mol. The molecule has 8 heteroatoms. The van der Waals surface area contributed by atoms with Gasteiger partial charge in [0.05, 0.1) is 0 Å². The number of carboxylic acids is 1. The van der Waals surface area contributed by atoms with Crippen LogP contribution in [-0.4, -0.2) is 35.1 Å². The summed E-state index contributed by atoms with van der Waals surface area (Å²) in [5.41, 5.74) is 0.817. The summed E-state index contributed by atoms with van der Waals surface area (Å²) in [4.78, 5) is 14.0. The van der Waals surface area contributed by atoms with Gasteiger partial charge in [-0.1, -0.05) is 25.3 Å². The Morgan fingerprint density at radius 2 is 1.95 bits per heavy atom. The summed E-state index contributed by atoms with van der Waals surface area (Å²) in [6, 6.07) is 3.39. The predicted octanol–water partition coefficient (Wildman–Crippen LogP) is 1.80. The minimum Gasteiger partial charge on any atom is -0.477 e. The Balaban J connectivity index is 0.000000211. The molecular weight excluding hydrogens is 296 g/mol. The van der Waals surface area contributed by atoms with Gasteiger partial charge in [0.2, 0.25) is 0 Å². The molecule has 0 radical (unpaired) electrons. The van der Waals surface area contributed by atoms with E-state index in [9.17, 15) is 13.2 Å². The first-order valence-corrected chi connectivity index (χ1v) is 8.13. The van der Waals surface area contributed by atoms with Crippen LogP contribution >= 0.6 is 0 Å². The molecule has 0 unspecified atom stereocenters. The maximum absolute atomic E-state index is 10.4. The van der Waals surface area contributed by atoms with E-state index in [0.29, 0.717) is 5.56 Å². The van der Waals surface area contributed by atoms with Gasteiger partial charge in [0, 0.05) is 12.2 Å². The third-order valence-corrected chi connectivity index (χ3v) is 3.76. The first-order chi connectivity index (χ1) is 9.79. The van der Waals surface area contributed by atoms with Gasteiger partial charge in [-0.25, -0.2) is 9.78 Å². The average Bonchev–Trinajstić information content (AvgIpc) is 2.39. The maximum atomic E-state index is 10.4. The number of nitrogens with one attached hydrogen (secondary N) is 1. The number of aromatic nitrogens is 1. The second-order valence-electron chi connectivity index (χ2n) is 4.90. The van der Waals surface area contributed by atoms with Gasteiger partial charge in [-0.3, -0.25) is 4.55 Å². The highest BCUT2D eigenvalue weighted by Crippen LogP contribution is 2.17. The van der Waals surface area contributed by atoms with Crippen LogP contribution < -0.4 is 4.72 Å². The highest BCUT2D eigenvalue weighted by molar-refractivity contribution is 7.83. The second-order valence-corrected chi connectivity index (χ2v) is 6.09. The third kappa shape index (κ3) is 7.16. The normalized spacial score (nSPS) is 15.9. The van der Waals surface area contributed by atoms with E-state index < -0.39 is 16.3 Å². The molecule has 0 aliphatic heterocycles. The Bertz CT molecular complexity index is 568. The predicted molar refractivity (Wildman–Crippen MR) is 77.5 cm³/mol. The van der Waals surface area contributed by atoms with Gasteiger partial charge in [-0.2, -0.15) is 13.1 Å². The molecule has 1 aromatic heterocycles. The zero-order valence-electron chi connectivity index (χ0n) is 11.8. The quantitative estimate of drug-likeness (QED) is 0.732. The summed E-state index contributed by atoms with van der Waals surface area (Å²) >= 11 is 0. The van der Waals surface area contributed by atoms with E-state index >= 15 is 0 Å². The standard InChI is InChI=1S/C7H7NO2.C6H13NO3S/c1-5-3-2-4-8-6(5)7(9)10;8-11(9,10)7-6-4-2-1-3-5-6/h2-4H,1H3,(H,9,10);6-7H,1-5H2,(H,8,9,10). The Hall–Kier alpha value is -1.51. The molecule has 1 aliphatic carbocycles. The molecule has 0 aromatic carbocycles. The SMILES string of the molecule is Cc1cccnc1C(=O)O.O=S(=O)(O)NC1CCCCC1. The molecule has 0 atom stereocenters. The van der Waals surface area contributed by atoms with Crippen LogP contribution in [0.25, 0.3) is 0 Å². The number of hydrogen-bond donors (Lipinski definition) is 3. The number of pyridine rings is 1. The van der Waals surface area contributed by atoms with Crippen molar-refractivity contribution in [3.8, 4) is 0 Å². The van der Waals surface area contributed by atoms with E-state index in [1.165, 1.54) is 12.6 Å². The number of carboxylic acid groups (broad SMARTS) is 1. The van der Waals surface area contributed by atoms with Crippen molar-refractivity contribution >= 4 is 16.3 Å². The van der Waals surface area contributed by atoms with Gasteiger partial charge in [-0.05, 0) is 31.4 Å². The van der Waals surface area contributed by atoms with Crippen LogP contribution in [-0.2, 0) is 10.3 Å². The Morgan fingerprint density at radius 3 is 2.38 bits per heavy atom. The Kier molecular flexibility index (Phi) is 6.73. The summed E-state index contributed by atoms with van der Waals surface area (Å²) in [5, 5.41) is 8.50. The van der Waals surface area contributed by atoms with Crippen LogP contribution in [0, 0.1) is 6.92 Å². The number of hydrogen-bond acceptors (Lipinski definition) is 4. The van der Waals surface area contributed by atoms with Gasteiger partial charge < -0.3 is 5.11 Å². The summed E-state index contributed by atoms with van der Waals surface area (Å²) < 4.78 is 31.3. The van der Waals surface area contributed by atoms with Crippen molar-refractivity contribution in [3.05, 3.63) is 29.6 Å². The van der Waals surface area contributed by atoms with Crippen LogP contribution in [0.4, 0.5) is 0 Å². The molecule has 3 N–H and O–H groups in total. The van der Waals surface area contributed by atoms with Crippen molar-refractivity contribution in [1.82, 2.24) is 9.71 Å². The molecule has 0 saturated heterocycles. The lowest BCUT2D eigenvalue weighted by molar-refractivity contribution is 0.0689. The van der Waals surface area contributed by atoms with Crippen LogP contribution in [0.5, 0.6) is 0 Å². The molecule has 0 amide bonds. The minimum atomic E-state index is -3.97. The number of nitrogens with zero attached hydrogens (tertiary/aromatic N) is 1. The van der Waals surface area contributed by atoms with E-state index in [2.05, 4.69) is 9.71 Å². The number of carbonyl (C=O) groups is 1. The second kappa shape index (κ2) is 8.06. The number of rotatable bonds is 3. The fraction of sp³-hybridized carbons (Fsp3) is 0.538. The van der Waals surface area contributed by atoms with Gasteiger partial charge in [0.25, 0.3) is 0 Å². The first-order valence-electron chi connectivity index (χ1n) is 6.69. The molecular formula is C13H20N2O5S. The molecule has 118 valence electrons. The minimum absolute atomic E-state index is 0.0428. The zero-order chi connectivity index (χ0) is 15.9. The molecule has 1 aromatic rings. The summed E-state index contributed by atoms with van der Waals surface area (Å²) in [5.74, 6) is -0.974. The maximum Gasteiger partial charge on any atom is 0.354 e. The third-order valence-electron chi connectivity index (χ3n) is 3.13. The Labute approximate surface area is 124 Å². The smallest absolute Gasteiger partial charge is 0.354 e. The fourth-order valence-electron chi connectivity index (χ4n) is 2.14. The molecule has 1 heterocycles. The summed E-state index contributed by atoms with van der Waals surface area (Å²) in [6.07, 6.45) is 6.43. The topological polar surface area (TPSA) is 117 Å². The lowest BCUT2D eigenvalue weighted by Crippen LogP contribution is -2.35. The van der Waals surface area contributed by atoms with Crippen molar-refractivity contribution in [2.24, 2.45) is 0 Å². The number of aromatic carboxylic acids is 1. The van der Waals surface area contributed by atoms with Crippen molar-refractivity contribution in [2.45, 2.75) is 45.1 Å². The van der Waals surface area contributed by atoms with E-state index in [4.69, 9.17) is 9.66 Å². The molecule has 2 rings (SSSR count). The van der Waals surface area contributed by atoms with Gasteiger partial charge in [0.1, 0.15) is 0 Å². The van der Waals surface area contributed by atoms with Crippen molar-refractivity contribution in [3.63, 3.8) is 0 Å². The molecule has 21 heavy (non-hydrogen) atoms. The van der Waals surface area contributed by atoms with Crippen LogP contribution in [0.3, 0.4) is 0 Å². The van der Waals surface area contributed by atoms with E-state index in [1.807, 2.05) is 0 Å². The van der Waals surface area contributed by atoms with Crippen molar-refractivity contribution in [2.75, 3.05) is 0 Å². The van der Waals surface area contributed by atoms with E-state index in [0.717, 1.165) is 25.7 Å². The van der Waals surface area contributed by atoms with Gasteiger partial charge >= 0.3 is 16.3 Å². The van der Waals surface area contributed by atoms with Crippen LogP contribution in [0.1, 0.15) is 48.2 Å². The first kappa shape index (κ1) is 17.5. The Morgan fingerprint density at radius 1 is 1.33 bits per heavy atom. The van der Waals surface area contributed by atoms with Crippen molar-refractivity contribution < 1.29 is 22.9 Å². The summed E-state index contributed by atoms with van der Waals surface area (Å²) in [7, 11) is -3.97. The fourth-order valence-corrected chi connectivity index (χ4v) is 2.80.